The summed E-state index contributed by atoms with van der Waals surface area (Å²) in [4.78, 5) is 1.58. The van der Waals surface area contributed by atoms with E-state index in [0.717, 1.165) is 11.0 Å². The van der Waals surface area contributed by atoms with Crippen LogP contribution in [0.5, 0.6) is 11.5 Å². The Bertz CT molecular complexity index is 482. The monoisotopic (exact) mass is 221 g/mol. The number of aliphatic hydroxyl groups is 1. The molecule has 0 unspecified atom stereocenters. The molecule has 0 spiro atoms. The maximum absolute atomic E-state index is 8.73. The number of hydrogen-bond donors (Lipinski definition) is 1. The van der Waals surface area contributed by atoms with Gasteiger partial charge in [-0.3, -0.25) is 0 Å². The molecule has 0 bridgehead atoms. The van der Waals surface area contributed by atoms with Crippen molar-refractivity contribution in [2.45, 2.75) is 13.0 Å². The third kappa shape index (κ3) is 1.47. The molecule has 0 atom stereocenters. The van der Waals surface area contributed by atoms with Gasteiger partial charge in [-0.25, -0.2) is 0 Å². The molecule has 0 saturated heterocycles. The summed E-state index contributed by atoms with van der Waals surface area (Å²) in [5.74, 6) is 1.42. The average Bonchev–Trinajstić information content (AvgIpc) is 2.87. The number of aryl methyl sites for hydroxylation is 1. The molecule has 1 aliphatic rings. The fraction of sp³-hybridized carbons (Fsp3) is 0.400. The van der Waals surface area contributed by atoms with E-state index in [1.807, 2.05) is 12.1 Å². The SMILES string of the molecule is OCCCn1nc2cc3c(cc2n1)OCO3. The zero-order chi connectivity index (χ0) is 11.0. The summed E-state index contributed by atoms with van der Waals surface area (Å²) in [5, 5.41) is 17.3. The average molecular weight is 221 g/mol. The van der Waals surface area contributed by atoms with Crippen LogP contribution in [0.3, 0.4) is 0 Å². The van der Waals surface area contributed by atoms with E-state index in [1.165, 1.54) is 0 Å². The normalized spacial score (nSPS) is 13.6. The smallest absolute Gasteiger partial charge is 0.231 e. The molecule has 1 aromatic carbocycles. The van der Waals surface area contributed by atoms with Crippen LogP contribution >= 0.6 is 0 Å². The number of fused-ring (bicyclic) bond motifs is 2. The summed E-state index contributed by atoms with van der Waals surface area (Å²) in [6.07, 6.45) is 0.647. The van der Waals surface area contributed by atoms with Crippen LogP contribution in [-0.2, 0) is 6.54 Å². The lowest BCUT2D eigenvalue weighted by molar-refractivity contribution is 0.174. The van der Waals surface area contributed by atoms with Crippen molar-refractivity contribution >= 4 is 11.0 Å². The van der Waals surface area contributed by atoms with E-state index in [-0.39, 0.29) is 13.4 Å². The molecule has 1 aliphatic heterocycles. The summed E-state index contributed by atoms with van der Waals surface area (Å²) < 4.78 is 10.5. The molecule has 1 aromatic heterocycles. The standard InChI is InChI=1S/C10H11N3O3/c14-3-1-2-13-11-7-4-9-10(16-6-15-9)5-8(7)12-13/h4-5,14H,1-3,6H2. The Balaban J connectivity index is 1.99. The highest BCUT2D eigenvalue weighted by atomic mass is 16.7. The molecule has 6 nitrogen and oxygen atoms in total. The van der Waals surface area contributed by atoms with Crippen LogP contribution in [0.1, 0.15) is 6.42 Å². The highest BCUT2D eigenvalue weighted by molar-refractivity contribution is 5.78. The van der Waals surface area contributed by atoms with E-state index in [4.69, 9.17) is 14.6 Å². The molecule has 2 heterocycles. The van der Waals surface area contributed by atoms with Crippen molar-refractivity contribution in [3.8, 4) is 11.5 Å². The minimum absolute atomic E-state index is 0.139. The van der Waals surface area contributed by atoms with Crippen LogP contribution in [0.15, 0.2) is 12.1 Å². The van der Waals surface area contributed by atoms with E-state index in [0.29, 0.717) is 24.5 Å². The van der Waals surface area contributed by atoms with Gasteiger partial charge in [-0.05, 0) is 6.42 Å². The van der Waals surface area contributed by atoms with Crippen molar-refractivity contribution in [1.82, 2.24) is 15.0 Å². The van der Waals surface area contributed by atoms with Crippen LogP contribution in [0.2, 0.25) is 0 Å². The first kappa shape index (κ1) is 9.41. The lowest BCUT2D eigenvalue weighted by Crippen LogP contribution is -2.03. The predicted molar refractivity (Wildman–Crippen MR) is 55.4 cm³/mol. The first-order chi connectivity index (χ1) is 7.86. The zero-order valence-corrected chi connectivity index (χ0v) is 8.59. The summed E-state index contributed by atoms with van der Waals surface area (Å²) in [7, 11) is 0. The number of hydrogen-bond acceptors (Lipinski definition) is 5. The van der Waals surface area contributed by atoms with Gasteiger partial charge >= 0.3 is 0 Å². The first-order valence-corrected chi connectivity index (χ1v) is 5.12. The summed E-state index contributed by atoms with van der Waals surface area (Å²) in [6, 6.07) is 3.64. The van der Waals surface area contributed by atoms with Crippen molar-refractivity contribution in [3.05, 3.63) is 12.1 Å². The molecule has 3 rings (SSSR count). The Morgan fingerprint density at radius 3 is 2.38 bits per heavy atom. The fourth-order valence-corrected chi connectivity index (χ4v) is 1.66. The Morgan fingerprint density at radius 1 is 1.19 bits per heavy atom. The summed E-state index contributed by atoms with van der Waals surface area (Å²) >= 11 is 0. The topological polar surface area (TPSA) is 69.4 Å². The minimum Gasteiger partial charge on any atom is -0.454 e. The number of aromatic nitrogens is 3. The fourth-order valence-electron chi connectivity index (χ4n) is 1.66. The molecule has 1 N–H and O–H groups in total. The Labute approximate surface area is 91.4 Å². The second kappa shape index (κ2) is 3.64. The van der Waals surface area contributed by atoms with Crippen LogP contribution in [-0.4, -0.2) is 33.5 Å². The van der Waals surface area contributed by atoms with Crippen molar-refractivity contribution < 1.29 is 14.6 Å². The highest BCUT2D eigenvalue weighted by Gasteiger charge is 2.16. The van der Waals surface area contributed by atoms with Gasteiger partial charge in [-0.1, -0.05) is 0 Å². The molecular weight excluding hydrogens is 210 g/mol. The third-order valence-electron chi connectivity index (χ3n) is 2.43. The Kier molecular flexibility index (Phi) is 2.14. The zero-order valence-electron chi connectivity index (χ0n) is 8.59. The van der Waals surface area contributed by atoms with Crippen molar-refractivity contribution in [3.63, 3.8) is 0 Å². The van der Waals surface area contributed by atoms with E-state index in [1.54, 1.807) is 4.80 Å². The van der Waals surface area contributed by atoms with Crippen molar-refractivity contribution in [1.29, 1.82) is 0 Å². The van der Waals surface area contributed by atoms with Crippen molar-refractivity contribution in [2.24, 2.45) is 0 Å². The van der Waals surface area contributed by atoms with Gasteiger partial charge < -0.3 is 14.6 Å². The van der Waals surface area contributed by atoms with E-state index in [2.05, 4.69) is 10.2 Å². The molecule has 0 amide bonds. The van der Waals surface area contributed by atoms with Gasteiger partial charge in [0, 0.05) is 18.7 Å². The molecule has 2 aromatic rings. The number of nitrogens with zero attached hydrogens (tertiary/aromatic N) is 3. The molecule has 16 heavy (non-hydrogen) atoms. The second-order valence-corrected chi connectivity index (χ2v) is 3.57. The molecule has 0 aliphatic carbocycles. The van der Waals surface area contributed by atoms with Crippen LogP contribution in [0, 0.1) is 0 Å². The van der Waals surface area contributed by atoms with Gasteiger partial charge in [0.1, 0.15) is 11.0 Å². The first-order valence-electron chi connectivity index (χ1n) is 5.12. The number of ether oxygens (including phenoxy) is 2. The van der Waals surface area contributed by atoms with Crippen LogP contribution in [0.25, 0.3) is 11.0 Å². The van der Waals surface area contributed by atoms with Crippen LogP contribution in [0.4, 0.5) is 0 Å². The third-order valence-corrected chi connectivity index (χ3v) is 2.43. The van der Waals surface area contributed by atoms with Gasteiger partial charge in [-0.2, -0.15) is 15.0 Å². The van der Waals surface area contributed by atoms with Gasteiger partial charge in [0.05, 0.1) is 6.54 Å². The minimum atomic E-state index is 0.139. The largest absolute Gasteiger partial charge is 0.454 e. The quantitative estimate of drug-likeness (QED) is 0.819. The molecular formula is C10H11N3O3. The summed E-state index contributed by atoms with van der Waals surface area (Å²) in [6.45, 7) is 1.00. The molecule has 0 radical (unpaired) electrons. The van der Waals surface area contributed by atoms with Crippen LogP contribution < -0.4 is 9.47 Å². The lowest BCUT2D eigenvalue weighted by atomic mass is 10.3. The van der Waals surface area contributed by atoms with E-state index < -0.39 is 0 Å². The molecule has 6 heteroatoms. The predicted octanol–water partition coefficient (Wildman–Crippen LogP) is 0.542. The van der Waals surface area contributed by atoms with E-state index in [9.17, 15) is 0 Å². The lowest BCUT2D eigenvalue weighted by Gasteiger charge is -1.94. The number of aliphatic hydroxyl groups excluding tert-OH is 1. The van der Waals surface area contributed by atoms with Gasteiger partial charge in [0.25, 0.3) is 0 Å². The number of benzene rings is 1. The van der Waals surface area contributed by atoms with Gasteiger partial charge in [0.2, 0.25) is 6.79 Å². The molecule has 84 valence electrons. The Hall–Kier alpha value is -1.82. The maximum atomic E-state index is 8.73. The highest BCUT2D eigenvalue weighted by Crippen LogP contribution is 2.34. The summed E-state index contributed by atoms with van der Waals surface area (Å²) in [5.41, 5.74) is 1.56. The Morgan fingerprint density at radius 2 is 1.81 bits per heavy atom. The second-order valence-electron chi connectivity index (χ2n) is 3.57. The van der Waals surface area contributed by atoms with Gasteiger partial charge in [-0.15, -0.1) is 0 Å². The number of rotatable bonds is 3. The van der Waals surface area contributed by atoms with Crippen molar-refractivity contribution in [2.75, 3.05) is 13.4 Å². The van der Waals surface area contributed by atoms with Gasteiger partial charge in [0.15, 0.2) is 11.5 Å². The molecule has 0 saturated carbocycles. The van der Waals surface area contributed by atoms with E-state index >= 15 is 0 Å². The maximum Gasteiger partial charge on any atom is 0.231 e. The molecule has 0 fully saturated rings.